The van der Waals surface area contributed by atoms with Crippen molar-refractivity contribution in [1.82, 2.24) is 0 Å². The third-order valence-corrected chi connectivity index (χ3v) is 4.42. The SMILES string of the molecule is COc1cc(Cl)c(C)cc1NC(=O)CCc1ccc(OCC(F)(F)F)c(OC)c1. The van der Waals surface area contributed by atoms with Gasteiger partial charge in [-0.3, -0.25) is 4.79 Å². The lowest BCUT2D eigenvalue weighted by Crippen LogP contribution is -2.19. The maximum absolute atomic E-state index is 12.3. The van der Waals surface area contributed by atoms with Crippen molar-refractivity contribution < 1.29 is 32.2 Å². The van der Waals surface area contributed by atoms with E-state index in [1.165, 1.54) is 20.3 Å². The largest absolute Gasteiger partial charge is 0.495 e. The first-order chi connectivity index (χ1) is 13.6. The summed E-state index contributed by atoms with van der Waals surface area (Å²) in [6.07, 6.45) is -3.93. The highest BCUT2D eigenvalue weighted by atomic mass is 35.5. The summed E-state index contributed by atoms with van der Waals surface area (Å²) in [5.41, 5.74) is 2.02. The van der Waals surface area contributed by atoms with Crippen LogP contribution in [0.15, 0.2) is 30.3 Å². The summed E-state index contributed by atoms with van der Waals surface area (Å²) in [5, 5.41) is 3.30. The molecule has 0 heterocycles. The maximum Gasteiger partial charge on any atom is 0.422 e. The number of amides is 1. The van der Waals surface area contributed by atoms with Gasteiger partial charge in [0.1, 0.15) is 5.75 Å². The lowest BCUT2D eigenvalue weighted by molar-refractivity contribution is -0.153. The monoisotopic (exact) mass is 431 g/mol. The molecule has 0 saturated carbocycles. The number of nitrogens with one attached hydrogen (secondary N) is 1. The third-order valence-electron chi connectivity index (χ3n) is 4.01. The average Bonchev–Trinajstić information content (AvgIpc) is 2.67. The Morgan fingerprint density at radius 3 is 2.38 bits per heavy atom. The number of methoxy groups -OCH3 is 2. The number of ether oxygens (including phenoxy) is 3. The first-order valence-corrected chi connectivity index (χ1v) is 9.01. The van der Waals surface area contributed by atoms with Gasteiger partial charge < -0.3 is 19.5 Å². The van der Waals surface area contributed by atoms with Crippen LogP contribution in [0, 0.1) is 6.92 Å². The zero-order chi connectivity index (χ0) is 21.6. The van der Waals surface area contributed by atoms with Crippen molar-refractivity contribution in [2.45, 2.75) is 25.9 Å². The van der Waals surface area contributed by atoms with E-state index in [2.05, 4.69) is 5.32 Å². The number of carbonyl (C=O) groups is 1. The van der Waals surface area contributed by atoms with Gasteiger partial charge in [-0.1, -0.05) is 17.7 Å². The Morgan fingerprint density at radius 2 is 1.76 bits per heavy atom. The topological polar surface area (TPSA) is 56.8 Å². The highest BCUT2D eigenvalue weighted by molar-refractivity contribution is 6.31. The number of alkyl halides is 3. The second-order valence-electron chi connectivity index (χ2n) is 6.24. The van der Waals surface area contributed by atoms with E-state index in [4.69, 9.17) is 25.8 Å². The van der Waals surface area contributed by atoms with Crippen LogP contribution < -0.4 is 19.5 Å². The molecule has 0 aromatic heterocycles. The first kappa shape index (κ1) is 22.7. The molecule has 0 radical (unpaired) electrons. The van der Waals surface area contributed by atoms with E-state index in [9.17, 15) is 18.0 Å². The molecule has 29 heavy (non-hydrogen) atoms. The number of anilines is 1. The van der Waals surface area contributed by atoms with E-state index in [-0.39, 0.29) is 23.8 Å². The van der Waals surface area contributed by atoms with Crippen LogP contribution in [0.25, 0.3) is 0 Å². The van der Waals surface area contributed by atoms with Gasteiger partial charge in [0.15, 0.2) is 18.1 Å². The normalized spacial score (nSPS) is 11.1. The summed E-state index contributed by atoms with van der Waals surface area (Å²) < 4.78 is 52.0. The van der Waals surface area contributed by atoms with Crippen molar-refractivity contribution in [3.63, 3.8) is 0 Å². The van der Waals surface area contributed by atoms with Crippen LogP contribution in [0.5, 0.6) is 17.2 Å². The summed E-state index contributed by atoms with van der Waals surface area (Å²) in [4.78, 5) is 12.3. The molecule has 0 aliphatic carbocycles. The molecule has 1 amide bonds. The minimum atomic E-state index is -4.44. The molecule has 0 saturated heterocycles. The number of hydrogen-bond donors (Lipinski definition) is 1. The summed E-state index contributed by atoms with van der Waals surface area (Å²) >= 11 is 6.05. The number of aryl methyl sites for hydroxylation is 2. The minimum absolute atomic E-state index is 0.0144. The smallest absolute Gasteiger partial charge is 0.422 e. The maximum atomic E-state index is 12.3. The van der Waals surface area contributed by atoms with Gasteiger partial charge in [0.25, 0.3) is 0 Å². The molecule has 0 aliphatic rings. The molecule has 0 fully saturated rings. The molecule has 2 rings (SSSR count). The van der Waals surface area contributed by atoms with Crippen molar-refractivity contribution in [2.24, 2.45) is 0 Å². The third kappa shape index (κ3) is 6.74. The Kier molecular flexibility index (Phi) is 7.61. The van der Waals surface area contributed by atoms with Crippen LogP contribution in [-0.2, 0) is 11.2 Å². The van der Waals surface area contributed by atoms with Crippen molar-refractivity contribution in [2.75, 3.05) is 26.1 Å². The molecule has 158 valence electrons. The van der Waals surface area contributed by atoms with Crippen LogP contribution in [0.2, 0.25) is 5.02 Å². The summed E-state index contributed by atoms with van der Waals surface area (Å²) in [7, 11) is 2.81. The molecule has 0 spiro atoms. The second-order valence-corrected chi connectivity index (χ2v) is 6.65. The van der Waals surface area contributed by atoms with Gasteiger partial charge in [0.05, 0.1) is 19.9 Å². The van der Waals surface area contributed by atoms with E-state index in [0.717, 1.165) is 11.1 Å². The molecule has 0 bridgehead atoms. The molecule has 0 aliphatic heterocycles. The van der Waals surface area contributed by atoms with Gasteiger partial charge in [-0.15, -0.1) is 0 Å². The Hall–Kier alpha value is -2.61. The zero-order valence-electron chi connectivity index (χ0n) is 16.2. The van der Waals surface area contributed by atoms with E-state index in [1.807, 2.05) is 6.92 Å². The van der Waals surface area contributed by atoms with Crippen molar-refractivity contribution in [3.05, 3.63) is 46.5 Å². The predicted octanol–water partition coefficient (Wildman–Crippen LogP) is 5.18. The molecule has 0 unspecified atom stereocenters. The highest BCUT2D eigenvalue weighted by Gasteiger charge is 2.29. The number of benzene rings is 2. The minimum Gasteiger partial charge on any atom is -0.495 e. The van der Waals surface area contributed by atoms with Gasteiger partial charge >= 0.3 is 6.18 Å². The second kappa shape index (κ2) is 9.73. The fourth-order valence-corrected chi connectivity index (χ4v) is 2.70. The fraction of sp³-hybridized carbons (Fsp3) is 0.350. The molecule has 0 atom stereocenters. The Balaban J connectivity index is 2.01. The van der Waals surface area contributed by atoms with E-state index in [0.29, 0.717) is 22.9 Å². The van der Waals surface area contributed by atoms with E-state index < -0.39 is 12.8 Å². The van der Waals surface area contributed by atoms with Gasteiger partial charge in [-0.2, -0.15) is 13.2 Å². The first-order valence-electron chi connectivity index (χ1n) is 8.63. The average molecular weight is 432 g/mol. The molecular weight excluding hydrogens is 411 g/mol. The fourth-order valence-electron chi connectivity index (χ4n) is 2.55. The van der Waals surface area contributed by atoms with Crippen LogP contribution in [0.4, 0.5) is 18.9 Å². The quantitative estimate of drug-likeness (QED) is 0.626. The molecule has 2 aromatic rings. The number of rotatable bonds is 8. The van der Waals surface area contributed by atoms with Gasteiger partial charge in [0.2, 0.25) is 5.91 Å². The van der Waals surface area contributed by atoms with Crippen LogP contribution in [0.3, 0.4) is 0 Å². The van der Waals surface area contributed by atoms with Crippen LogP contribution in [0.1, 0.15) is 17.5 Å². The highest BCUT2D eigenvalue weighted by Crippen LogP contribution is 2.32. The lowest BCUT2D eigenvalue weighted by atomic mass is 10.1. The lowest BCUT2D eigenvalue weighted by Gasteiger charge is -2.14. The summed E-state index contributed by atoms with van der Waals surface area (Å²) in [6, 6.07) is 7.87. The number of halogens is 4. The molecular formula is C20H21ClF3NO4. The Labute approximate surface area is 171 Å². The van der Waals surface area contributed by atoms with E-state index in [1.54, 1.807) is 24.3 Å². The molecule has 1 N–H and O–H groups in total. The predicted molar refractivity (Wildman–Crippen MR) is 104 cm³/mol. The Bertz CT molecular complexity index is 872. The number of hydrogen-bond acceptors (Lipinski definition) is 4. The van der Waals surface area contributed by atoms with Crippen molar-refractivity contribution >= 4 is 23.2 Å². The van der Waals surface area contributed by atoms with Crippen LogP contribution >= 0.6 is 11.6 Å². The Morgan fingerprint density at radius 1 is 1.07 bits per heavy atom. The van der Waals surface area contributed by atoms with Gasteiger partial charge in [-0.05, 0) is 42.7 Å². The zero-order valence-corrected chi connectivity index (χ0v) is 16.9. The molecule has 5 nitrogen and oxygen atoms in total. The molecule has 9 heteroatoms. The number of carbonyl (C=O) groups excluding carboxylic acids is 1. The molecule has 2 aromatic carbocycles. The van der Waals surface area contributed by atoms with Gasteiger partial charge in [-0.25, -0.2) is 0 Å². The standard InChI is InChI=1S/C20H21ClF3NO4/c1-12-8-15(17(27-2)10-14(12)21)25-19(26)7-5-13-4-6-16(18(9-13)28-3)29-11-20(22,23)24/h4,6,8-10H,5,7,11H2,1-3H3,(H,25,26). The van der Waals surface area contributed by atoms with Crippen molar-refractivity contribution in [3.8, 4) is 17.2 Å². The van der Waals surface area contributed by atoms with E-state index >= 15 is 0 Å². The summed E-state index contributed by atoms with van der Waals surface area (Å²) in [6.45, 7) is 0.402. The van der Waals surface area contributed by atoms with Crippen molar-refractivity contribution in [1.29, 1.82) is 0 Å². The summed E-state index contributed by atoms with van der Waals surface area (Å²) in [5.74, 6) is 0.352. The van der Waals surface area contributed by atoms with Crippen LogP contribution in [-0.4, -0.2) is 32.9 Å². The van der Waals surface area contributed by atoms with Gasteiger partial charge in [0, 0.05) is 17.5 Å².